The van der Waals surface area contributed by atoms with Crippen LogP contribution in [0, 0.1) is 0 Å². The largest absolute Gasteiger partial charge is 0.366 e. The second kappa shape index (κ2) is 7.85. The number of benzene rings is 2. The maximum Gasteiger partial charge on any atom is 0.272 e. The third-order valence-corrected chi connectivity index (χ3v) is 5.92. The Morgan fingerprint density at radius 3 is 2.78 bits per heavy atom. The van der Waals surface area contributed by atoms with Gasteiger partial charge in [-0.3, -0.25) is 4.79 Å². The lowest BCUT2D eigenvalue weighted by Crippen LogP contribution is -2.48. The lowest BCUT2D eigenvalue weighted by Gasteiger charge is -2.47. The first-order valence-electron chi connectivity index (χ1n) is 9.33. The van der Waals surface area contributed by atoms with Gasteiger partial charge in [0.2, 0.25) is 0 Å². The highest BCUT2D eigenvalue weighted by Gasteiger charge is 2.35. The van der Waals surface area contributed by atoms with Gasteiger partial charge in [0, 0.05) is 22.2 Å². The molecule has 1 aliphatic rings. The van der Waals surface area contributed by atoms with Gasteiger partial charge >= 0.3 is 0 Å². The summed E-state index contributed by atoms with van der Waals surface area (Å²) in [5.74, 6) is 0.255. The Hall–Kier alpha value is -2.14. The van der Waals surface area contributed by atoms with Crippen LogP contribution in [-0.2, 0) is 0 Å². The highest BCUT2D eigenvalue weighted by Crippen LogP contribution is 2.43. The second-order valence-electron chi connectivity index (χ2n) is 7.66. The molecular weight excluding hydrogens is 402 g/mol. The number of fused-ring (bicyclic) bond motifs is 1. The number of hydrogen-bond acceptors (Lipinski definition) is 3. The monoisotopic (exact) mass is 427 g/mol. The van der Waals surface area contributed by atoms with Crippen LogP contribution < -0.4 is 10.3 Å². The average molecular weight is 428 g/mol. The van der Waals surface area contributed by atoms with Crippen LogP contribution in [0.2, 0.25) is 0 Å². The summed E-state index contributed by atoms with van der Waals surface area (Å²) in [6.45, 7) is 10.1. The molecule has 0 aromatic heterocycles. The lowest BCUT2D eigenvalue weighted by molar-refractivity contribution is 0.0954. The van der Waals surface area contributed by atoms with E-state index in [2.05, 4.69) is 77.3 Å². The molecule has 27 heavy (non-hydrogen) atoms. The first kappa shape index (κ1) is 19.6. The summed E-state index contributed by atoms with van der Waals surface area (Å²) in [6.07, 6.45) is 2.82. The van der Waals surface area contributed by atoms with E-state index in [1.165, 1.54) is 11.3 Å². The smallest absolute Gasteiger partial charge is 0.272 e. The van der Waals surface area contributed by atoms with Crippen LogP contribution in [0.1, 0.15) is 61.5 Å². The van der Waals surface area contributed by atoms with E-state index < -0.39 is 0 Å². The molecule has 0 radical (unpaired) electrons. The topological polar surface area (TPSA) is 44.7 Å². The van der Waals surface area contributed by atoms with Gasteiger partial charge in [-0.15, -0.1) is 0 Å². The van der Waals surface area contributed by atoms with Gasteiger partial charge in [0.05, 0.1) is 11.8 Å². The third kappa shape index (κ3) is 4.08. The summed E-state index contributed by atoms with van der Waals surface area (Å²) in [5.41, 5.74) is 6.96. The number of hydrogen-bond donors (Lipinski definition) is 1. The van der Waals surface area contributed by atoms with Crippen molar-refractivity contribution < 1.29 is 4.79 Å². The molecule has 0 spiro atoms. The van der Waals surface area contributed by atoms with Crippen molar-refractivity contribution in [1.29, 1.82) is 0 Å². The first-order chi connectivity index (χ1) is 12.8. The summed E-state index contributed by atoms with van der Waals surface area (Å²) in [5, 5.41) is 4.14. The molecule has 0 saturated heterocycles. The molecule has 2 aromatic rings. The predicted octanol–water partition coefficient (Wildman–Crippen LogP) is 5.33. The van der Waals surface area contributed by atoms with Gasteiger partial charge in [-0.2, -0.15) is 5.10 Å². The normalized spacial score (nSPS) is 18.4. The highest BCUT2D eigenvalue weighted by molar-refractivity contribution is 9.10. The summed E-state index contributed by atoms with van der Waals surface area (Å²) in [7, 11) is 0. The molecule has 1 aliphatic heterocycles. The zero-order valence-electron chi connectivity index (χ0n) is 16.3. The minimum absolute atomic E-state index is 0.161. The maximum atomic E-state index is 12.2. The van der Waals surface area contributed by atoms with Gasteiger partial charge in [-0.05, 0) is 84.4 Å². The van der Waals surface area contributed by atoms with Crippen molar-refractivity contribution in [3.8, 4) is 0 Å². The van der Waals surface area contributed by atoms with Crippen LogP contribution in [0.4, 0.5) is 5.69 Å². The van der Waals surface area contributed by atoms with Crippen LogP contribution in [-0.4, -0.2) is 24.2 Å². The molecule has 0 bridgehead atoms. The second-order valence-corrected chi connectivity index (χ2v) is 8.51. The van der Waals surface area contributed by atoms with Crippen molar-refractivity contribution in [2.45, 2.75) is 45.6 Å². The van der Waals surface area contributed by atoms with E-state index in [-0.39, 0.29) is 11.4 Å². The molecule has 0 aliphatic carbocycles. The molecule has 2 aromatic carbocycles. The molecule has 4 nitrogen and oxygen atoms in total. The molecule has 0 unspecified atom stereocenters. The fraction of sp³-hybridized carbons (Fsp3) is 0.364. The van der Waals surface area contributed by atoms with E-state index in [9.17, 15) is 4.79 Å². The van der Waals surface area contributed by atoms with Gasteiger partial charge in [-0.25, -0.2) is 5.43 Å². The quantitative estimate of drug-likeness (QED) is 0.529. The van der Waals surface area contributed by atoms with Crippen LogP contribution in [0.25, 0.3) is 0 Å². The minimum Gasteiger partial charge on any atom is -0.366 e. The van der Waals surface area contributed by atoms with Crippen LogP contribution in [0.15, 0.2) is 52.0 Å². The Kier molecular flexibility index (Phi) is 5.70. The Labute approximate surface area is 169 Å². The lowest BCUT2D eigenvalue weighted by atomic mass is 9.79. The van der Waals surface area contributed by atoms with Gasteiger partial charge in [0.1, 0.15) is 0 Å². The molecule has 5 heteroatoms. The average Bonchev–Trinajstić information content (AvgIpc) is 2.62. The fourth-order valence-electron chi connectivity index (χ4n) is 4.06. The number of nitrogens with one attached hydrogen (secondary N) is 1. The van der Waals surface area contributed by atoms with Crippen LogP contribution >= 0.6 is 15.9 Å². The van der Waals surface area contributed by atoms with E-state index in [0.717, 1.165) is 23.0 Å². The van der Waals surface area contributed by atoms with E-state index in [1.807, 2.05) is 18.2 Å². The number of carbonyl (C=O) groups excluding carboxylic acids is 1. The molecule has 1 atom stereocenters. The highest BCUT2D eigenvalue weighted by atomic mass is 79.9. The molecule has 1 amide bonds. The van der Waals surface area contributed by atoms with Gasteiger partial charge in [0.25, 0.3) is 5.91 Å². The van der Waals surface area contributed by atoms with E-state index in [4.69, 9.17) is 0 Å². The summed E-state index contributed by atoms with van der Waals surface area (Å²) in [6, 6.07) is 13.7. The van der Waals surface area contributed by atoms with E-state index in [0.29, 0.717) is 11.5 Å². The molecule has 0 saturated carbocycles. The zero-order chi connectivity index (χ0) is 19.6. The van der Waals surface area contributed by atoms with Gasteiger partial charge in [0.15, 0.2) is 0 Å². The zero-order valence-corrected chi connectivity index (χ0v) is 17.9. The van der Waals surface area contributed by atoms with Crippen LogP contribution in [0.5, 0.6) is 0 Å². The first-order valence-corrected chi connectivity index (χ1v) is 10.1. The standard InChI is InChI=1S/C22H26BrN3O/c1-5-26-20-11-10-16(12-18(20)15(2)13-22(26,3)4)14-24-25-21(27)17-8-6-7-9-19(17)23/h6-12,14-15H,5,13H2,1-4H3,(H,25,27)/b24-14-/t15-/m1/s1. The summed E-state index contributed by atoms with van der Waals surface area (Å²) < 4.78 is 0.752. The maximum absolute atomic E-state index is 12.2. The predicted molar refractivity (Wildman–Crippen MR) is 116 cm³/mol. The Morgan fingerprint density at radius 2 is 2.07 bits per heavy atom. The van der Waals surface area contributed by atoms with Crippen molar-refractivity contribution in [1.82, 2.24) is 5.43 Å². The van der Waals surface area contributed by atoms with Gasteiger partial charge < -0.3 is 4.90 Å². The Balaban J connectivity index is 1.78. The van der Waals surface area contributed by atoms with E-state index in [1.54, 1.807) is 12.3 Å². The Bertz CT molecular complexity index is 876. The summed E-state index contributed by atoms with van der Waals surface area (Å²) >= 11 is 3.39. The van der Waals surface area contributed by atoms with Crippen molar-refractivity contribution in [3.63, 3.8) is 0 Å². The molecule has 142 valence electrons. The molecule has 0 fully saturated rings. The fourth-order valence-corrected chi connectivity index (χ4v) is 4.52. The van der Waals surface area contributed by atoms with Crippen molar-refractivity contribution in [2.75, 3.05) is 11.4 Å². The number of halogens is 1. The molecule has 1 heterocycles. The minimum atomic E-state index is -0.232. The molecule has 1 N–H and O–H groups in total. The summed E-state index contributed by atoms with van der Waals surface area (Å²) in [4.78, 5) is 14.7. The Morgan fingerprint density at radius 1 is 1.33 bits per heavy atom. The van der Waals surface area contributed by atoms with Crippen molar-refractivity contribution in [3.05, 3.63) is 63.6 Å². The van der Waals surface area contributed by atoms with Crippen molar-refractivity contribution >= 4 is 33.7 Å². The number of hydrazone groups is 1. The van der Waals surface area contributed by atoms with E-state index >= 15 is 0 Å². The number of amides is 1. The number of rotatable bonds is 4. The molecular formula is C22H26BrN3O. The van der Waals surface area contributed by atoms with Crippen LogP contribution in [0.3, 0.4) is 0 Å². The SMILES string of the molecule is CCN1c2ccc(/C=N\NC(=O)c3ccccc3Br)cc2[C@H](C)CC1(C)C. The van der Waals surface area contributed by atoms with Crippen molar-refractivity contribution in [2.24, 2.45) is 5.10 Å². The number of anilines is 1. The third-order valence-electron chi connectivity index (χ3n) is 5.22. The number of nitrogens with zero attached hydrogens (tertiary/aromatic N) is 2. The van der Waals surface area contributed by atoms with Gasteiger partial charge in [-0.1, -0.05) is 25.1 Å². The molecule has 3 rings (SSSR count). The number of carbonyl (C=O) groups is 1.